The number of esters is 1. The van der Waals surface area contributed by atoms with Crippen LogP contribution in [0.25, 0.3) is 0 Å². The Bertz CT molecular complexity index is 1550. The van der Waals surface area contributed by atoms with Crippen LogP contribution in [0.1, 0.15) is 44.2 Å². The predicted molar refractivity (Wildman–Crippen MR) is 188 cm³/mol. The fourth-order valence-corrected chi connectivity index (χ4v) is 11.5. The molecule has 0 saturated carbocycles. The van der Waals surface area contributed by atoms with Crippen LogP contribution in [0.4, 0.5) is 5.69 Å². The summed E-state index contributed by atoms with van der Waals surface area (Å²) in [5.41, 5.74) is 3.03. The molecular weight excluding hydrogens is 625 g/mol. The highest BCUT2D eigenvalue weighted by Crippen LogP contribution is 2.46. The van der Waals surface area contributed by atoms with Crippen molar-refractivity contribution in [2.45, 2.75) is 83.1 Å². The zero-order chi connectivity index (χ0) is 34.4. The van der Waals surface area contributed by atoms with Crippen LogP contribution in [0.5, 0.6) is 5.75 Å². The lowest BCUT2D eigenvalue weighted by Crippen LogP contribution is -2.54. The number of anilines is 1. The van der Waals surface area contributed by atoms with Gasteiger partial charge < -0.3 is 24.2 Å². The number of hydrogen-bond donors (Lipinski definition) is 1. The molecule has 1 unspecified atom stereocenters. The molecule has 5 atom stereocenters. The fraction of sp³-hybridized carbons (Fsp3) is 0.447. The molecule has 9 nitrogen and oxygen atoms in total. The Morgan fingerprint density at radius 2 is 1.67 bits per heavy atom. The molecule has 0 bridgehead atoms. The number of carbonyl (C=O) groups excluding carboxylic acids is 3. The van der Waals surface area contributed by atoms with Gasteiger partial charge in [0.2, 0.25) is 11.8 Å². The Morgan fingerprint density at radius 3 is 2.27 bits per heavy atom. The Kier molecular flexibility index (Phi) is 11.4. The van der Waals surface area contributed by atoms with Crippen molar-refractivity contribution in [3.63, 3.8) is 0 Å². The van der Waals surface area contributed by atoms with Crippen LogP contribution in [0.15, 0.2) is 78.9 Å². The molecule has 2 heterocycles. The minimum atomic E-state index is -2.17. The van der Waals surface area contributed by atoms with E-state index in [2.05, 4.69) is 32.2 Å². The maximum absolute atomic E-state index is 13.9. The molecule has 2 amide bonds. The average Bonchev–Trinajstić information content (AvgIpc) is 3.38. The van der Waals surface area contributed by atoms with Gasteiger partial charge in [-0.15, -0.1) is 0 Å². The maximum Gasteiger partial charge on any atom is 0.304 e. The van der Waals surface area contributed by atoms with Gasteiger partial charge in [0.15, 0.2) is 6.23 Å². The summed E-state index contributed by atoms with van der Waals surface area (Å²) in [6.07, 6.45) is 1.18. The molecule has 0 aromatic heterocycles. The highest BCUT2D eigenvalue weighted by Gasteiger charge is 2.51. The van der Waals surface area contributed by atoms with Crippen LogP contribution in [0, 0.1) is 5.92 Å². The third-order valence-corrected chi connectivity index (χ3v) is 14.4. The van der Waals surface area contributed by atoms with E-state index in [1.807, 2.05) is 66.7 Å². The van der Waals surface area contributed by atoms with Crippen molar-refractivity contribution in [2.24, 2.45) is 5.92 Å². The molecule has 0 spiro atoms. The molecule has 0 radical (unpaired) electrons. The third kappa shape index (κ3) is 7.99. The van der Waals surface area contributed by atoms with E-state index >= 15 is 0 Å². The Morgan fingerprint density at radius 1 is 0.979 bits per heavy atom. The Balaban J connectivity index is 1.32. The summed E-state index contributed by atoms with van der Waals surface area (Å²) < 4.78 is 17.6. The molecule has 0 aliphatic carbocycles. The van der Waals surface area contributed by atoms with E-state index in [-0.39, 0.29) is 61.5 Å². The van der Waals surface area contributed by atoms with E-state index in [0.29, 0.717) is 12.2 Å². The zero-order valence-corrected chi connectivity index (χ0v) is 29.6. The summed E-state index contributed by atoms with van der Waals surface area (Å²) >= 11 is 0. The second-order valence-electron chi connectivity index (χ2n) is 13.5. The number of rotatable bonds is 14. The number of carbonyl (C=O) groups is 3. The van der Waals surface area contributed by atoms with Crippen molar-refractivity contribution >= 4 is 36.7 Å². The fourth-order valence-electron chi connectivity index (χ4n) is 7.48. The summed E-state index contributed by atoms with van der Waals surface area (Å²) in [4.78, 5) is 40.8. The smallest absolute Gasteiger partial charge is 0.304 e. The lowest BCUT2D eigenvalue weighted by molar-refractivity contribution is -0.154. The number of aliphatic hydroxyl groups excluding tert-OH is 1. The molecule has 48 heavy (non-hydrogen) atoms. The summed E-state index contributed by atoms with van der Waals surface area (Å²) in [5.74, 6) is 0.538. The number of β-lactam (4-membered cyclic amide) rings is 1. The minimum Gasteiger partial charge on any atom is -0.497 e. The molecule has 2 saturated heterocycles. The van der Waals surface area contributed by atoms with Gasteiger partial charge in [-0.05, 0) is 59.7 Å². The maximum atomic E-state index is 13.9. The Labute approximate surface area is 284 Å². The number of benzene rings is 3. The topological polar surface area (TPSA) is 106 Å². The number of ether oxygens (including phenoxy) is 3. The first-order valence-corrected chi connectivity index (χ1v) is 19.9. The van der Waals surface area contributed by atoms with Crippen molar-refractivity contribution in [3.05, 3.63) is 90.0 Å². The van der Waals surface area contributed by atoms with Crippen molar-refractivity contribution in [3.8, 4) is 5.75 Å². The van der Waals surface area contributed by atoms with E-state index in [1.54, 1.807) is 12.0 Å². The second kappa shape index (κ2) is 15.5. The number of hydrogen-bond acceptors (Lipinski definition) is 7. The summed E-state index contributed by atoms with van der Waals surface area (Å²) in [6, 6.07) is 26.0. The zero-order valence-electron chi connectivity index (χ0n) is 28.6. The van der Waals surface area contributed by atoms with Gasteiger partial charge in [0.05, 0.1) is 46.8 Å². The van der Waals surface area contributed by atoms with E-state index in [4.69, 9.17) is 14.2 Å². The molecule has 5 rings (SSSR count). The standard InChI is InChI=1S/C38H48N2O7Si/c1-26-33(20-13-28-11-14-30(15-12-28)40-36(44)24-37(40)46-27(2)42)47-34(38(26)48(4,5)32-18-16-31(45-3)17-19-32)23-35(43)39(21-22-41)25-29-9-7-6-8-10-29/h6-12,14-19,26,33-34,37-38,41H,13,20-25H2,1-5H3/t26-,33+,34-,37?,38+/m0/s1. The second-order valence-corrected chi connectivity index (χ2v) is 18.2. The lowest BCUT2D eigenvalue weighted by Gasteiger charge is -2.39. The van der Waals surface area contributed by atoms with Gasteiger partial charge in [0.25, 0.3) is 0 Å². The first kappa shape index (κ1) is 35.3. The van der Waals surface area contributed by atoms with Crippen molar-refractivity contribution in [1.29, 1.82) is 0 Å². The molecule has 3 aromatic carbocycles. The SMILES string of the molecule is COc1ccc([Si](C)(C)[C@@H]2[C@@H](C)[C@@H](CCc3ccc(N4C(=O)CC4OC(C)=O)cc3)O[C@H]2CC(=O)N(CCO)Cc2ccccc2)cc1. The van der Waals surface area contributed by atoms with Gasteiger partial charge >= 0.3 is 5.97 Å². The van der Waals surface area contributed by atoms with Gasteiger partial charge in [0, 0.05) is 25.7 Å². The average molecular weight is 673 g/mol. The van der Waals surface area contributed by atoms with Gasteiger partial charge in [-0.25, -0.2) is 0 Å². The van der Waals surface area contributed by atoms with Gasteiger partial charge in [-0.2, -0.15) is 0 Å². The predicted octanol–water partition coefficient (Wildman–Crippen LogP) is 5.05. The van der Waals surface area contributed by atoms with E-state index in [0.717, 1.165) is 29.7 Å². The normalized spacial score (nSPS) is 22.2. The van der Waals surface area contributed by atoms with E-state index < -0.39 is 20.3 Å². The molecule has 10 heteroatoms. The Hall–Kier alpha value is -3.99. The van der Waals surface area contributed by atoms with Crippen LogP contribution in [0.3, 0.4) is 0 Å². The monoisotopic (exact) mass is 672 g/mol. The van der Waals surface area contributed by atoms with Crippen molar-refractivity contribution < 1.29 is 33.7 Å². The highest BCUT2D eigenvalue weighted by atomic mass is 28.3. The molecule has 1 N–H and O–H groups in total. The molecule has 2 aliphatic rings. The van der Waals surface area contributed by atoms with Crippen LogP contribution >= 0.6 is 0 Å². The number of nitrogens with zero attached hydrogens (tertiary/aromatic N) is 2. The minimum absolute atomic E-state index is 0.0153. The largest absolute Gasteiger partial charge is 0.497 e. The first-order valence-electron chi connectivity index (χ1n) is 16.8. The third-order valence-electron chi connectivity index (χ3n) is 10.0. The van der Waals surface area contributed by atoms with Crippen molar-refractivity contribution in [1.82, 2.24) is 4.90 Å². The molecule has 2 fully saturated rings. The summed E-state index contributed by atoms with van der Waals surface area (Å²) in [7, 11) is -0.501. The van der Waals surface area contributed by atoms with Gasteiger partial charge in [0.1, 0.15) is 5.75 Å². The van der Waals surface area contributed by atoms with E-state index in [9.17, 15) is 19.5 Å². The molecule has 256 valence electrons. The van der Waals surface area contributed by atoms with Gasteiger partial charge in [-0.3, -0.25) is 19.3 Å². The quantitative estimate of drug-likeness (QED) is 0.145. The number of methoxy groups -OCH3 is 1. The van der Waals surface area contributed by atoms with Gasteiger partial charge in [-0.1, -0.05) is 79.8 Å². The number of aliphatic hydroxyl groups is 1. The summed E-state index contributed by atoms with van der Waals surface area (Å²) in [6.45, 7) is 8.95. The number of aryl methyl sites for hydroxylation is 1. The lowest BCUT2D eigenvalue weighted by atomic mass is 9.95. The van der Waals surface area contributed by atoms with Crippen LogP contribution in [-0.4, -0.2) is 74.6 Å². The van der Waals surface area contributed by atoms with Crippen LogP contribution < -0.4 is 14.8 Å². The van der Waals surface area contributed by atoms with E-state index in [1.165, 1.54) is 17.0 Å². The molecular formula is C38H48N2O7Si. The molecule has 2 aliphatic heterocycles. The first-order chi connectivity index (χ1) is 23.0. The summed E-state index contributed by atoms with van der Waals surface area (Å²) in [5, 5.41) is 11.1. The molecule has 3 aromatic rings. The van der Waals surface area contributed by atoms with Crippen molar-refractivity contribution in [2.75, 3.05) is 25.2 Å². The number of amides is 2. The van der Waals surface area contributed by atoms with Crippen LogP contribution in [0.2, 0.25) is 18.6 Å². The van der Waals surface area contributed by atoms with Crippen LogP contribution in [-0.2, 0) is 36.8 Å². The highest BCUT2D eigenvalue weighted by molar-refractivity contribution is 6.91.